The molecule has 2 aromatic heterocycles. The van der Waals surface area contributed by atoms with Crippen LogP contribution >= 0.6 is 0 Å². The number of rotatable bonds is 1. The van der Waals surface area contributed by atoms with E-state index in [0.717, 1.165) is 32.3 Å². The number of fused-ring (bicyclic) bond motifs is 6. The third-order valence-electron chi connectivity index (χ3n) is 5.20. The molecule has 0 N–H and O–H groups in total. The maximum absolute atomic E-state index is 13.5. The first-order valence-corrected chi connectivity index (χ1v) is 8.90. The van der Waals surface area contributed by atoms with E-state index < -0.39 is 0 Å². The van der Waals surface area contributed by atoms with Crippen LogP contribution in [0.4, 0.5) is 8.78 Å². The Balaban J connectivity index is 1.59. The van der Waals surface area contributed by atoms with Gasteiger partial charge < -0.3 is 8.83 Å². The van der Waals surface area contributed by atoms with Gasteiger partial charge in [-0.25, -0.2) is 8.78 Å². The zero-order chi connectivity index (χ0) is 18.8. The van der Waals surface area contributed by atoms with Crippen molar-refractivity contribution in [2.24, 2.45) is 0 Å². The fourth-order valence-electron chi connectivity index (χ4n) is 3.89. The summed E-state index contributed by atoms with van der Waals surface area (Å²) >= 11 is 0. The third-order valence-corrected chi connectivity index (χ3v) is 5.20. The van der Waals surface area contributed by atoms with Gasteiger partial charge in [-0.3, -0.25) is 0 Å². The average molecular weight is 370 g/mol. The number of benzene rings is 4. The largest absolute Gasteiger partial charge is 0.453 e. The Morgan fingerprint density at radius 1 is 0.464 bits per heavy atom. The van der Waals surface area contributed by atoms with E-state index in [1.165, 1.54) is 24.3 Å². The fourth-order valence-corrected chi connectivity index (χ4v) is 3.89. The Morgan fingerprint density at radius 2 is 0.929 bits per heavy atom. The summed E-state index contributed by atoms with van der Waals surface area (Å²) in [6.45, 7) is 0. The SMILES string of the molecule is Fc1ccc2c(ccc3oc(-c4cc5c(ccc6cc(F)ccc65)o4)cc32)c1. The van der Waals surface area contributed by atoms with Gasteiger partial charge >= 0.3 is 0 Å². The van der Waals surface area contributed by atoms with E-state index in [0.29, 0.717) is 22.7 Å². The smallest absolute Gasteiger partial charge is 0.170 e. The Bertz CT molecular complexity index is 1420. The quantitative estimate of drug-likeness (QED) is 0.301. The fraction of sp³-hybridized carbons (Fsp3) is 0. The molecule has 6 aromatic rings. The van der Waals surface area contributed by atoms with E-state index in [1.807, 2.05) is 36.4 Å². The molecule has 0 aliphatic heterocycles. The van der Waals surface area contributed by atoms with Crippen molar-refractivity contribution in [2.75, 3.05) is 0 Å². The maximum atomic E-state index is 13.5. The molecule has 0 saturated heterocycles. The summed E-state index contributed by atoms with van der Waals surface area (Å²) < 4.78 is 39.0. The van der Waals surface area contributed by atoms with E-state index in [4.69, 9.17) is 8.83 Å². The van der Waals surface area contributed by atoms with Gasteiger partial charge in [0.15, 0.2) is 11.5 Å². The normalized spacial score (nSPS) is 11.9. The maximum Gasteiger partial charge on any atom is 0.170 e. The molecule has 0 atom stereocenters. The molecule has 0 radical (unpaired) electrons. The highest BCUT2D eigenvalue weighted by atomic mass is 19.1. The van der Waals surface area contributed by atoms with Gasteiger partial charge in [-0.15, -0.1) is 0 Å². The second kappa shape index (κ2) is 5.42. The van der Waals surface area contributed by atoms with Crippen LogP contribution in [0.15, 0.2) is 81.6 Å². The molecule has 0 amide bonds. The molecule has 0 fully saturated rings. The lowest BCUT2D eigenvalue weighted by atomic mass is 10.1. The highest BCUT2D eigenvalue weighted by Crippen LogP contribution is 2.37. The van der Waals surface area contributed by atoms with Crippen molar-refractivity contribution < 1.29 is 17.6 Å². The predicted molar refractivity (Wildman–Crippen MR) is 106 cm³/mol. The summed E-state index contributed by atoms with van der Waals surface area (Å²) in [6.07, 6.45) is 0. The number of furan rings is 2. The minimum atomic E-state index is -0.267. The lowest BCUT2D eigenvalue weighted by Gasteiger charge is -1.98. The summed E-state index contributed by atoms with van der Waals surface area (Å²) in [6, 6.07) is 20.6. The standard InChI is InChI=1S/C24H12F2O2/c25-15-3-5-17-13(9-15)1-7-21-19(17)11-23(27-21)24-12-20-18-6-4-16(26)10-14(18)2-8-22(20)28-24/h1-12H. The van der Waals surface area contributed by atoms with Crippen molar-refractivity contribution in [3.63, 3.8) is 0 Å². The van der Waals surface area contributed by atoms with E-state index in [2.05, 4.69) is 0 Å². The second-order valence-corrected chi connectivity index (χ2v) is 6.91. The van der Waals surface area contributed by atoms with Gasteiger partial charge in [-0.1, -0.05) is 24.3 Å². The predicted octanol–water partition coefficient (Wildman–Crippen LogP) is 7.43. The van der Waals surface area contributed by atoms with Crippen molar-refractivity contribution in [3.8, 4) is 11.5 Å². The van der Waals surface area contributed by atoms with E-state index in [1.54, 1.807) is 12.1 Å². The molecule has 0 bridgehead atoms. The van der Waals surface area contributed by atoms with Crippen molar-refractivity contribution in [1.29, 1.82) is 0 Å². The molecule has 0 saturated carbocycles. The van der Waals surface area contributed by atoms with Crippen LogP contribution in [-0.4, -0.2) is 0 Å². The van der Waals surface area contributed by atoms with Crippen molar-refractivity contribution in [2.45, 2.75) is 0 Å². The molecule has 2 nitrogen and oxygen atoms in total. The molecule has 6 rings (SSSR count). The van der Waals surface area contributed by atoms with E-state index >= 15 is 0 Å². The molecule has 0 spiro atoms. The lowest BCUT2D eigenvalue weighted by Crippen LogP contribution is -1.76. The molecule has 4 aromatic carbocycles. The van der Waals surface area contributed by atoms with Gasteiger partial charge in [0.25, 0.3) is 0 Å². The van der Waals surface area contributed by atoms with Gasteiger partial charge in [0.2, 0.25) is 0 Å². The average Bonchev–Trinajstić information content (AvgIpc) is 3.31. The Morgan fingerprint density at radius 3 is 1.39 bits per heavy atom. The summed E-state index contributed by atoms with van der Waals surface area (Å²) in [7, 11) is 0. The van der Waals surface area contributed by atoms with Gasteiger partial charge in [-0.2, -0.15) is 0 Å². The Hall–Kier alpha value is -3.66. The van der Waals surface area contributed by atoms with Crippen LogP contribution in [0, 0.1) is 11.6 Å². The van der Waals surface area contributed by atoms with Crippen LogP contribution in [0.2, 0.25) is 0 Å². The summed E-state index contributed by atoms with van der Waals surface area (Å²) in [4.78, 5) is 0. The molecule has 0 unspecified atom stereocenters. The molecule has 0 aliphatic carbocycles. The first-order chi connectivity index (χ1) is 13.7. The first kappa shape index (κ1) is 15.4. The van der Waals surface area contributed by atoms with Crippen LogP contribution < -0.4 is 0 Å². The molecule has 0 aliphatic rings. The molecule has 4 heteroatoms. The first-order valence-electron chi connectivity index (χ1n) is 8.90. The van der Waals surface area contributed by atoms with Gasteiger partial charge in [0.05, 0.1) is 0 Å². The topological polar surface area (TPSA) is 26.3 Å². The number of halogens is 2. The zero-order valence-corrected chi connectivity index (χ0v) is 14.5. The highest BCUT2D eigenvalue weighted by molar-refractivity contribution is 6.09. The summed E-state index contributed by atoms with van der Waals surface area (Å²) in [5.74, 6) is 0.656. The van der Waals surface area contributed by atoms with Crippen molar-refractivity contribution in [3.05, 3.63) is 84.4 Å². The molecule has 134 valence electrons. The van der Waals surface area contributed by atoms with E-state index in [-0.39, 0.29) is 11.6 Å². The van der Waals surface area contributed by atoms with Crippen molar-refractivity contribution >= 4 is 43.5 Å². The summed E-state index contributed by atoms with van der Waals surface area (Å²) in [5.41, 5.74) is 1.42. The molecular formula is C24H12F2O2. The van der Waals surface area contributed by atoms with Crippen molar-refractivity contribution in [1.82, 2.24) is 0 Å². The minimum Gasteiger partial charge on any atom is -0.453 e. The summed E-state index contributed by atoms with van der Waals surface area (Å²) in [5, 5.41) is 5.28. The second-order valence-electron chi connectivity index (χ2n) is 6.91. The van der Waals surface area contributed by atoms with Crippen LogP contribution in [0.1, 0.15) is 0 Å². The Labute approximate surface area is 157 Å². The monoisotopic (exact) mass is 370 g/mol. The number of hydrogen-bond acceptors (Lipinski definition) is 2. The highest BCUT2D eigenvalue weighted by Gasteiger charge is 2.15. The van der Waals surface area contributed by atoms with Crippen LogP contribution in [0.25, 0.3) is 55.0 Å². The van der Waals surface area contributed by atoms with Crippen LogP contribution in [-0.2, 0) is 0 Å². The molecular weight excluding hydrogens is 358 g/mol. The van der Waals surface area contributed by atoms with Gasteiger partial charge in [0.1, 0.15) is 22.8 Å². The van der Waals surface area contributed by atoms with Crippen LogP contribution in [0.3, 0.4) is 0 Å². The molecule has 2 heterocycles. The minimum absolute atomic E-state index is 0.267. The third kappa shape index (κ3) is 2.18. The van der Waals surface area contributed by atoms with Crippen LogP contribution in [0.5, 0.6) is 0 Å². The zero-order valence-electron chi connectivity index (χ0n) is 14.5. The Kier molecular flexibility index (Phi) is 2.98. The molecule has 28 heavy (non-hydrogen) atoms. The van der Waals surface area contributed by atoms with Gasteiger partial charge in [0, 0.05) is 10.8 Å². The number of hydrogen-bond donors (Lipinski definition) is 0. The lowest BCUT2D eigenvalue weighted by molar-refractivity contribution is 0.569. The van der Waals surface area contributed by atoms with Gasteiger partial charge in [-0.05, 0) is 70.1 Å². The van der Waals surface area contributed by atoms with E-state index in [9.17, 15) is 8.78 Å².